The number of amides is 2. The number of carbonyl (C=O) groups excluding carboxylic acids is 2. The minimum Gasteiger partial charge on any atom is -0.483 e. The van der Waals surface area contributed by atoms with E-state index in [0.717, 1.165) is 16.8 Å². The quantitative estimate of drug-likeness (QED) is 0.818. The van der Waals surface area contributed by atoms with Gasteiger partial charge < -0.3 is 9.64 Å². The number of hydrogen-bond acceptors (Lipinski definition) is 4. The maximum atomic E-state index is 12.1. The summed E-state index contributed by atoms with van der Waals surface area (Å²) >= 11 is 0. The van der Waals surface area contributed by atoms with Gasteiger partial charge in [0.15, 0.2) is 6.61 Å². The number of nitrogens with one attached hydrogen (secondary N) is 2. The molecule has 0 saturated heterocycles. The van der Waals surface area contributed by atoms with Crippen LogP contribution in [0.5, 0.6) is 5.75 Å². The Kier molecular flexibility index (Phi) is 6.00. The predicted octanol–water partition coefficient (Wildman–Crippen LogP) is 2.21. The molecule has 0 unspecified atom stereocenters. The van der Waals surface area contributed by atoms with E-state index >= 15 is 0 Å². The van der Waals surface area contributed by atoms with Crippen LogP contribution in [0.15, 0.2) is 42.5 Å². The minimum absolute atomic E-state index is 0.178. The largest absolute Gasteiger partial charge is 0.483 e. The van der Waals surface area contributed by atoms with Crippen molar-refractivity contribution in [3.05, 3.63) is 59.2 Å². The van der Waals surface area contributed by atoms with Crippen LogP contribution >= 0.6 is 0 Å². The second-order valence-electron chi connectivity index (χ2n) is 6.00. The minimum atomic E-state index is -0.432. The van der Waals surface area contributed by atoms with Crippen LogP contribution in [-0.2, 0) is 4.79 Å². The van der Waals surface area contributed by atoms with Gasteiger partial charge in [-0.3, -0.25) is 20.4 Å². The molecule has 132 valence electrons. The number of carbonyl (C=O) groups is 2. The Balaban J connectivity index is 1.86. The third-order valence-electron chi connectivity index (χ3n) is 3.64. The first-order valence-electron chi connectivity index (χ1n) is 7.93. The van der Waals surface area contributed by atoms with Gasteiger partial charge in [0, 0.05) is 25.3 Å². The van der Waals surface area contributed by atoms with Crippen LogP contribution in [-0.4, -0.2) is 32.5 Å². The maximum Gasteiger partial charge on any atom is 0.276 e. The Bertz CT molecular complexity index is 772. The third-order valence-corrected chi connectivity index (χ3v) is 3.64. The molecule has 25 heavy (non-hydrogen) atoms. The normalized spacial score (nSPS) is 10.1. The highest BCUT2D eigenvalue weighted by Crippen LogP contribution is 2.18. The molecule has 0 spiro atoms. The summed E-state index contributed by atoms with van der Waals surface area (Å²) in [6.45, 7) is 3.68. The van der Waals surface area contributed by atoms with Crippen LogP contribution in [0.3, 0.4) is 0 Å². The number of benzene rings is 2. The van der Waals surface area contributed by atoms with E-state index in [1.165, 1.54) is 0 Å². The van der Waals surface area contributed by atoms with Crippen molar-refractivity contribution in [1.29, 1.82) is 0 Å². The van der Waals surface area contributed by atoms with Gasteiger partial charge in [-0.05, 0) is 49.2 Å². The summed E-state index contributed by atoms with van der Waals surface area (Å²) < 4.78 is 5.50. The fraction of sp³-hybridized carbons (Fsp3) is 0.263. The molecule has 6 heteroatoms. The van der Waals surface area contributed by atoms with Gasteiger partial charge in [0.25, 0.3) is 11.8 Å². The summed E-state index contributed by atoms with van der Waals surface area (Å²) in [7, 11) is 3.78. The van der Waals surface area contributed by atoms with E-state index in [-0.39, 0.29) is 12.5 Å². The number of ether oxygens (including phenoxy) is 1. The van der Waals surface area contributed by atoms with Gasteiger partial charge in [-0.25, -0.2) is 0 Å². The summed E-state index contributed by atoms with van der Waals surface area (Å²) in [6.07, 6.45) is 0. The van der Waals surface area contributed by atoms with Crippen molar-refractivity contribution in [3.63, 3.8) is 0 Å². The van der Waals surface area contributed by atoms with Gasteiger partial charge in [0.1, 0.15) is 5.75 Å². The van der Waals surface area contributed by atoms with Gasteiger partial charge in [0.2, 0.25) is 0 Å². The molecular formula is C19H23N3O3. The Labute approximate surface area is 147 Å². The van der Waals surface area contributed by atoms with Crippen LogP contribution in [0.2, 0.25) is 0 Å². The Hall–Kier alpha value is -3.02. The molecule has 2 N–H and O–H groups in total. The highest BCUT2D eigenvalue weighted by atomic mass is 16.5. The number of anilines is 1. The van der Waals surface area contributed by atoms with E-state index in [2.05, 4.69) is 10.9 Å². The molecule has 2 rings (SSSR count). The van der Waals surface area contributed by atoms with Crippen molar-refractivity contribution in [2.45, 2.75) is 13.8 Å². The van der Waals surface area contributed by atoms with E-state index < -0.39 is 5.91 Å². The van der Waals surface area contributed by atoms with Crippen molar-refractivity contribution in [2.75, 3.05) is 25.6 Å². The first-order chi connectivity index (χ1) is 11.9. The third kappa shape index (κ3) is 5.24. The predicted molar refractivity (Wildman–Crippen MR) is 97.8 cm³/mol. The zero-order valence-electron chi connectivity index (χ0n) is 14.9. The molecule has 0 fully saturated rings. The van der Waals surface area contributed by atoms with Crippen molar-refractivity contribution < 1.29 is 14.3 Å². The zero-order chi connectivity index (χ0) is 18.4. The number of rotatable bonds is 5. The lowest BCUT2D eigenvalue weighted by atomic mass is 10.1. The lowest BCUT2D eigenvalue weighted by Crippen LogP contribution is -2.43. The van der Waals surface area contributed by atoms with Crippen LogP contribution in [0.4, 0.5) is 5.69 Å². The molecule has 2 aromatic rings. The summed E-state index contributed by atoms with van der Waals surface area (Å²) in [5.41, 5.74) is 8.11. The van der Waals surface area contributed by atoms with E-state index in [1.807, 2.05) is 57.1 Å². The van der Waals surface area contributed by atoms with Crippen molar-refractivity contribution >= 4 is 17.5 Å². The molecule has 0 radical (unpaired) electrons. The van der Waals surface area contributed by atoms with Gasteiger partial charge >= 0.3 is 0 Å². The molecule has 6 nitrogen and oxygen atoms in total. The average molecular weight is 341 g/mol. The first-order valence-corrected chi connectivity index (χ1v) is 7.93. The standard InChI is InChI=1S/C19H23N3O3/c1-13-8-9-14(2)17(10-13)25-12-18(23)20-21-19(24)15-6-5-7-16(11-15)22(3)4/h5-11H,12H2,1-4H3,(H,20,23)(H,21,24). The Morgan fingerprint density at radius 1 is 1.04 bits per heavy atom. The first kappa shape index (κ1) is 18.3. The van der Waals surface area contributed by atoms with Crippen LogP contribution in [0.25, 0.3) is 0 Å². The second-order valence-corrected chi connectivity index (χ2v) is 6.00. The summed E-state index contributed by atoms with van der Waals surface area (Å²) in [5.74, 6) is -0.165. The average Bonchev–Trinajstić information content (AvgIpc) is 2.60. The molecular weight excluding hydrogens is 318 g/mol. The molecule has 0 aliphatic heterocycles. The topological polar surface area (TPSA) is 70.7 Å². The van der Waals surface area contributed by atoms with E-state index in [9.17, 15) is 9.59 Å². The number of hydrazine groups is 1. The Morgan fingerprint density at radius 2 is 1.80 bits per heavy atom. The van der Waals surface area contributed by atoms with Gasteiger partial charge in [0.05, 0.1) is 0 Å². The van der Waals surface area contributed by atoms with E-state index in [1.54, 1.807) is 18.2 Å². The number of nitrogens with zero attached hydrogens (tertiary/aromatic N) is 1. The highest BCUT2D eigenvalue weighted by molar-refractivity contribution is 5.96. The van der Waals surface area contributed by atoms with Gasteiger partial charge in [-0.1, -0.05) is 18.2 Å². The Morgan fingerprint density at radius 3 is 2.52 bits per heavy atom. The van der Waals surface area contributed by atoms with E-state index in [4.69, 9.17) is 4.74 Å². The molecule has 0 atom stereocenters. The monoisotopic (exact) mass is 341 g/mol. The fourth-order valence-corrected chi connectivity index (χ4v) is 2.17. The molecule has 2 aromatic carbocycles. The van der Waals surface area contributed by atoms with Crippen LogP contribution < -0.4 is 20.5 Å². The molecule has 0 aliphatic carbocycles. The molecule has 0 bridgehead atoms. The lowest BCUT2D eigenvalue weighted by Gasteiger charge is -2.14. The van der Waals surface area contributed by atoms with Gasteiger partial charge in [-0.15, -0.1) is 0 Å². The van der Waals surface area contributed by atoms with E-state index in [0.29, 0.717) is 11.3 Å². The highest BCUT2D eigenvalue weighted by Gasteiger charge is 2.10. The SMILES string of the molecule is Cc1ccc(C)c(OCC(=O)NNC(=O)c2cccc(N(C)C)c2)c1. The second kappa shape index (κ2) is 8.19. The van der Waals surface area contributed by atoms with Crippen molar-refractivity contribution in [1.82, 2.24) is 10.9 Å². The van der Waals surface area contributed by atoms with Crippen molar-refractivity contribution in [3.8, 4) is 5.75 Å². The smallest absolute Gasteiger partial charge is 0.276 e. The molecule has 0 heterocycles. The van der Waals surface area contributed by atoms with Crippen molar-refractivity contribution in [2.24, 2.45) is 0 Å². The number of hydrogen-bond donors (Lipinski definition) is 2. The van der Waals surface area contributed by atoms with Crippen LogP contribution in [0.1, 0.15) is 21.5 Å². The fourth-order valence-electron chi connectivity index (χ4n) is 2.17. The lowest BCUT2D eigenvalue weighted by molar-refractivity contribution is -0.123. The summed E-state index contributed by atoms with van der Waals surface area (Å²) in [6, 6.07) is 12.9. The summed E-state index contributed by atoms with van der Waals surface area (Å²) in [5, 5.41) is 0. The van der Waals surface area contributed by atoms with Crippen LogP contribution in [0, 0.1) is 13.8 Å². The molecule has 0 saturated carbocycles. The molecule has 0 aliphatic rings. The molecule has 2 amide bonds. The maximum absolute atomic E-state index is 12.1. The van der Waals surface area contributed by atoms with Gasteiger partial charge in [-0.2, -0.15) is 0 Å². The summed E-state index contributed by atoms with van der Waals surface area (Å²) in [4.78, 5) is 25.9. The molecule has 0 aromatic heterocycles. The number of aryl methyl sites for hydroxylation is 2. The zero-order valence-corrected chi connectivity index (χ0v) is 14.9.